The molecule has 1 aliphatic rings. The number of unbranched alkanes of at least 4 members (excludes halogenated alkanes) is 2. The van der Waals surface area contributed by atoms with E-state index >= 15 is 0 Å². The number of imidazole rings is 1. The summed E-state index contributed by atoms with van der Waals surface area (Å²) < 4.78 is 50.8. The molecule has 1 N–H and O–H groups in total. The van der Waals surface area contributed by atoms with E-state index in [1.165, 1.54) is 12.1 Å². The molecule has 0 aliphatic carbocycles. The molecule has 1 fully saturated rings. The van der Waals surface area contributed by atoms with Crippen molar-refractivity contribution in [3.8, 4) is 11.4 Å². The summed E-state index contributed by atoms with van der Waals surface area (Å²) in [5.41, 5.74) is 1.69. The van der Waals surface area contributed by atoms with Gasteiger partial charge in [0.05, 0.1) is 24.9 Å². The van der Waals surface area contributed by atoms with Gasteiger partial charge in [-0.25, -0.2) is 9.37 Å². The number of hydrogen-bond acceptors (Lipinski definition) is 6. The Morgan fingerprint density at radius 2 is 1.83 bits per heavy atom. The number of halogens is 2. The highest BCUT2D eigenvalue weighted by molar-refractivity contribution is 9.10. The molecule has 2 aromatic rings. The van der Waals surface area contributed by atoms with Gasteiger partial charge >= 0.3 is 0 Å². The highest BCUT2D eigenvalue weighted by Gasteiger charge is 2.35. The van der Waals surface area contributed by atoms with Crippen LogP contribution in [0.4, 0.5) is 4.39 Å². The maximum Gasteiger partial charge on any atom is 0.168 e. The van der Waals surface area contributed by atoms with E-state index in [1.807, 2.05) is 25.3 Å². The van der Waals surface area contributed by atoms with E-state index < -0.39 is 30.0 Å². The van der Waals surface area contributed by atoms with Gasteiger partial charge in [-0.05, 0) is 86.3 Å². The lowest BCUT2D eigenvalue weighted by atomic mass is 10.0. The van der Waals surface area contributed by atoms with Crippen molar-refractivity contribution in [2.24, 2.45) is 0 Å². The molecule has 0 spiro atoms. The maximum atomic E-state index is 13.8. The number of ether oxygens (including phenoxy) is 3. The summed E-state index contributed by atoms with van der Waals surface area (Å²) in [5.74, 6) is -0.0470. The second-order valence-corrected chi connectivity index (χ2v) is 21.4. The smallest absolute Gasteiger partial charge is 0.168 e. The van der Waals surface area contributed by atoms with Crippen molar-refractivity contribution in [1.29, 1.82) is 0 Å². The molecule has 1 aromatic heterocycles. The van der Waals surface area contributed by atoms with Crippen molar-refractivity contribution in [1.82, 2.24) is 14.3 Å². The number of rotatable bonds is 16. The Hall–Kier alpha value is -0.793. The molecule has 41 heavy (non-hydrogen) atoms. The largest absolute Gasteiger partial charge is 0.598 e. The molecule has 0 radical (unpaired) electrons. The summed E-state index contributed by atoms with van der Waals surface area (Å²) >= 11 is 2.42. The van der Waals surface area contributed by atoms with Gasteiger partial charge in [-0.1, -0.05) is 39.4 Å². The quantitative estimate of drug-likeness (QED) is 0.111. The van der Waals surface area contributed by atoms with E-state index in [-0.39, 0.29) is 11.9 Å². The molecular weight excluding hydrogens is 625 g/mol. The van der Waals surface area contributed by atoms with Gasteiger partial charge in [-0.3, -0.25) is 0 Å². The lowest BCUT2D eigenvalue weighted by Gasteiger charge is -2.29. The minimum absolute atomic E-state index is 0.231. The number of aromatic nitrogens is 2. The number of hydrogen-bond donors (Lipinski definition) is 1. The van der Waals surface area contributed by atoms with Crippen molar-refractivity contribution in [3.63, 3.8) is 0 Å². The molecule has 2 atom stereocenters. The average Bonchev–Trinajstić information content (AvgIpc) is 3.49. The van der Waals surface area contributed by atoms with Gasteiger partial charge in [0.1, 0.15) is 27.7 Å². The van der Waals surface area contributed by atoms with E-state index in [4.69, 9.17) is 19.2 Å². The summed E-state index contributed by atoms with van der Waals surface area (Å²) in [6.45, 7) is 17.3. The monoisotopic (exact) mass is 673 g/mol. The third kappa shape index (κ3) is 10.4. The van der Waals surface area contributed by atoms with Crippen molar-refractivity contribution in [3.05, 3.63) is 40.4 Å². The minimum atomic E-state index is -1.30. The third-order valence-corrected chi connectivity index (χ3v) is 11.2. The number of nitrogens with one attached hydrogen (secondary N) is 1. The molecule has 1 saturated heterocycles. The van der Waals surface area contributed by atoms with Crippen molar-refractivity contribution >= 4 is 35.4 Å². The standard InChI is InChI=1S/C30H49BrFN3O4SSi/c1-8-30(38-18-19-39-30)17-11-9-10-12-25(34-40(36)29(2,3)4)26-27(31)33-28(23-13-15-24(32)16-14-23)35(26)22-37-20-21-41(5,6)7/h13-16,25,34H,8-12,17-22H2,1-7H3/t25-,40?/m0/s1. The van der Waals surface area contributed by atoms with Crippen LogP contribution in [0.5, 0.6) is 0 Å². The summed E-state index contributed by atoms with van der Waals surface area (Å²) in [7, 11) is -1.27. The Kier molecular flexibility index (Phi) is 12.9. The molecule has 3 rings (SSSR count). The predicted octanol–water partition coefficient (Wildman–Crippen LogP) is 7.96. The molecule has 1 unspecified atom stereocenters. The Labute approximate surface area is 258 Å². The van der Waals surface area contributed by atoms with Crippen LogP contribution in [-0.2, 0) is 32.3 Å². The van der Waals surface area contributed by atoms with E-state index in [2.05, 4.69) is 47.2 Å². The van der Waals surface area contributed by atoms with Gasteiger partial charge in [0.2, 0.25) is 0 Å². The second kappa shape index (κ2) is 15.3. The Bertz CT molecular complexity index is 1090. The summed E-state index contributed by atoms with van der Waals surface area (Å²) in [6.07, 6.45) is 5.40. The summed E-state index contributed by atoms with van der Waals surface area (Å²) in [4.78, 5) is 4.86. The summed E-state index contributed by atoms with van der Waals surface area (Å²) in [6, 6.07) is 7.17. The SMILES string of the molecule is CCC1(CCCCC[C@H](N[S+]([O-])C(C)(C)C)c2c(Br)nc(-c3ccc(F)cc3)n2COCC[Si](C)(C)C)OCCO1. The number of benzene rings is 1. The lowest BCUT2D eigenvalue weighted by Crippen LogP contribution is -2.42. The zero-order valence-electron chi connectivity index (χ0n) is 25.9. The Morgan fingerprint density at radius 1 is 1.17 bits per heavy atom. The third-order valence-electron chi connectivity index (χ3n) is 7.32. The fourth-order valence-corrected chi connectivity index (χ4v) is 7.01. The fourth-order valence-electron chi connectivity index (χ4n) is 4.75. The van der Waals surface area contributed by atoms with E-state index in [1.54, 1.807) is 12.1 Å². The van der Waals surface area contributed by atoms with Gasteiger partial charge in [-0.15, -0.1) is 4.72 Å². The first-order chi connectivity index (χ1) is 19.2. The topological polar surface area (TPSA) is 80.6 Å². The molecule has 1 aliphatic heterocycles. The van der Waals surface area contributed by atoms with Crippen LogP contribution in [-0.4, -0.2) is 52.5 Å². The molecule has 1 aromatic carbocycles. The first kappa shape index (κ1) is 34.7. The van der Waals surface area contributed by atoms with Crippen molar-refractivity contribution < 1.29 is 23.2 Å². The molecule has 2 heterocycles. The van der Waals surface area contributed by atoms with Crippen LogP contribution in [0.2, 0.25) is 25.7 Å². The van der Waals surface area contributed by atoms with Crippen LogP contribution in [0.25, 0.3) is 11.4 Å². The molecule has 0 amide bonds. The second-order valence-electron chi connectivity index (χ2n) is 13.0. The van der Waals surface area contributed by atoms with Gasteiger partial charge in [0, 0.05) is 38.0 Å². The first-order valence-corrected chi connectivity index (χ1v) is 20.5. The van der Waals surface area contributed by atoms with Gasteiger partial charge in [0.15, 0.2) is 5.79 Å². The van der Waals surface area contributed by atoms with Crippen molar-refractivity contribution in [2.45, 2.75) is 115 Å². The molecule has 7 nitrogen and oxygen atoms in total. The Balaban J connectivity index is 1.85. The van der Waals surface area contributed by atoms with Crippen LogP contribution >= 0.6 is 15.9 Å². The normalized spacial score (nSPS) is 17.2. The van der Waals surface area contributed by atoms with Crippen LogP contribution in [0.15, 0.2) is 28.9 Å². The average molecular weight is 675 g/mol. The first-order valence-electron chi connectivity index (χ1n) is 14.8. The van der Waals surface area contributed by atoms with Crippen LogP contribution in [0, 0.1) is 5.82 Å². The van der Waals surface area contributed by atoms with Crippen molar-refractivity contribution in [2.75, 3.05) is 19.8 Å². The molecular formula is C30H49BrFN3O4SSi. The zero-order chi connectivity index (χ0) is 30.3. The van der Waals surface area contributed by atoms with E-state index in [0.29, 0.717) is 37.0 Å². The zero-order valence-corrected chi connectivity index (χ0v) is 29.3. The maximum absolute atomic E-state index is 13.8. The molecule has 0 bridgehead atoms. The summed E-state index contributed by atoms with van der Waals surface area (Å²) in [5, 5.41) is 0. The van der Waals surface area contributed by atoms with Gasteiger partial charge in [0.25, 0.3) is 0 Å². The van der Waals surface area contributed by atoms with Gasteiger partial charge < -0.3 is 23.3 Å². The highest BCUT2D eigenvalue weighted by atomic mass is 79.9. The highest BCUT2D eigenvalue weighted by Crippen LogP contribution is 2.35. The van der Waals surface area contributed by atoms with E-state index in [9.17, 15) is 8.94 Å². The lowest BCUT2D eigenvalue weighted by molar-refractivity contribution is -0.164. The van der Waals surface area contributed by atoms with E-state index in [0.717, 1.165) is 55.8 Å². The van der Waals surface area contributed by atoms with Crippen LogP contribution in [0.1, 0.15) is 78.0 Å². The molecule has 232 valence electrons. The Morgan fingerprint density at radius 3 is 2.41 bits per heavy atom. The molecule has 11 heteroatoms. The van der Waals surface area contributed by atoms with Gasteiger partial charge in [-0.2, -0.15) is 0 Å². The number of nitrogens with zero attached hydrogens (tertiary/aromatic N) is 2. The molecule has 0 saturated carbocycles. The van der Waals surface area contributed by atoms with Crippen LogP contribution in [0.3, 0.4) is 0 Å². The fraction of sp³-hybridized carbons (Fsp3) is 0.700. The minimum Gasteiger partial charge on any atom is -0.598 e. The van der Waals surface area contributed by atoms with Crippen LogP contribution < -0.4 is 4.72 Å². The predicted molar refractivity (Wildman–Crippen MR) is 171 cm³/mol.